The smallest absolute Gasteiger partial charge is 0.379 e. The molecule has 3 atom stereocenters. The van der Waals surface area contributed by atoms with Crippen molar-refractivity contribution in [3.63, 3.8) is 0 Å². The van der Waals surface area contributed by atoms with Crippen LogP contribution in [-0.4, -0.2) is 49.5 Å². The molecule has 0 bridgehead atoms. The molecule has 204 valence electrons. The van der Waals surface area contributed by atoms with Crippen molar-refractivity contribution < 1.29 is 26.0 Å². The van der Waals surface area contributed by atoms with Crippen molar-refractivity contribution in [2.24, 2.45) is 0 Å². The zero-order chi connectivity index (χ0) is 27.7. The third-order valence-corrected chi connectivity index (χ3v) is 8.84. The van der Waals surface area contributed by atoms with Crippen molar-refractivity contribution in [2.45, 2.75) is 54.1 Å². The quantitative estimate of drug-likeness (QED) is 0.354. The summed E-state index contributed by atoms with van der Waals surface area (Å²) in [5.41, 5.74) is 0.0805. The summed E-state index contributed by atoms with van der Waals surface area (Å²) in [5.74, 6) is -1.78. The average molecular weight is 571 g/mol. The van der Waals surface area contributed by atoms with Gasteiger partial charge in [0, 0.05) is 18.3 Å². The number of aromatic nitrogens is 2. The van der Waals surface area contributed by atoms with Gasteiger partial charge in [0.1, 0.15) is 17.0 Å². The largest absolute Gasteiger partial charge is 0.416 e. The number of benzene rings is 2. The first-order valence-electron chi connectivity index (χ1n) is 11.9. The Kier molecular flexibility index (Phi) is 8.29. The zero-order valence-electron chi connectivity index (χ0n) is 20.7. The van der Waals surface area contributed by atoms with Gasteiger partial charge in [-0.2, -0.15) is 13.2 Å². The van der Waals surface area contributed by atoms with Gasteiger partial charge in [0.25, 0.3) is 0 Å². The Bertz CT molecular complexity index is 1390. The number of hydrogen-bond donors (Lipinski definition) is 1. The monoisotopic (exact) mass is 570 g/mol. The van der Waals surface area contributed by atoms with E-state index < -0.39 is 38.0 Å². The number of alkyl halides is 3. The first-order valence-corrected chi connectivity index (χ1v) is 14.0. The molecule has 4 rings (SSSR count). The number of nitrogens with one attached hydrogen (secondary N) is 1. The fraction of sp³-hybridized carbons (Fsp3) is 0.385. The summed E-state index contributed by atoms with van der Waals surface area (Å²) in [6.07, 6.45) is -0.403. The molecule has 38 heavy (non-hydrogen) atoms. The minimum Gasteiger partial charge on any atom is -0.379 e. The molecular formula is C26H27ClF4N4O2S. The Balaban J connectivity index is 1.55. The van der Waals surface area contributed by atoms with Crippen LogP contribution in [0.1, 0.15) is 42.0 Å². The van der Waals surface area contributed by atoms with Crippen molar-refractivity contribution in [3.8, 4) is 0 Å². The lowest BCUT2D eigenvalue weighted by Gasteiger charge is -2.41. The normalized spacial score (nSPS) is 20.5. The van der Waals surface area contributed by atoms with Crippen LogP contribution in [0.2, 0.25) is 5.02 Å². The van der Waals surface area contributed by atoms with E-state index in [2.05, 4.69) is 15.3 Å². The molecular weight excluding hydrogens is 544 g/mol. The van der Waals surface area contributed by atoms with Crippen molar-refractivity contribution in [2.75, 3.05) is 19.4 Å². The fourth-order valence-corrected chi connectivity index (χ4v) is 6.68. The van der Waals surface area contributed by atoms with Crippen LogP contribution >= 0.6 is 11.6 Å². The molecule has 1 aliphatic carbocycles. The van der Waals surface area contributed by atoms with E-state index >= 15 is 4.39 Å². The third-order valence-electron chi connectivity index (χ3n) is 6.86. The first-order chi connectivity index (χ1) is 17.9. The van der Waals surface area contributed by atoms with E-state index in [0.717, 1.165) is 18.2 Å². The second kappa shape index (κ2) is 11.2. The van der Waals surface area contributed by atoms with Crippen LogP contribution in [0.4, 0.5) is 23.2 Å². The lowest BCUT2D eigenvalue weighted by atomic mass is 9.76. The number of nitrogens with zero attached hydrogens (tertiary/aromatic N) is 3. The SMILES string of the molecule is CN(C)[C@H]1C[C@@H](c2ccccc2C(F)(F)F)CC[C@@H]1Nc1cc(F)c(S(=O)(=O)Cc2ccncn2)cc1Cl. The number of hydrogen-bond acceptors (Lipinski definition) is 6. The summed E-state index contributed by atoms with van der Waals surface area (Å²) >= 11 is 6.39. The van der Waals surface area contributed by atoms with Crippen LogP contribution in [-0.2, 0) is 21.8 Å². The Labute approximate surface area is 224 Å². The van der Waals surface area contributed by atoms with Crippen LogP contribution in [0.3, 0.4) is 0 Å². The molecule has 0 radical (unpaired) electrons. The van der Waals surface area contributed by atoms with Crippen molar-refractivity contribution >= 4 is 27.1 Å². The molecule has 1 heterocycles. The van der Waals surface area contributed by atoms with Gasteiger partial charge in [-0.3, -0.25) is 0 Å². The minimum atomic E-state index is -4.44. The van der Waals surface area contributed by atoms with Gasteiger partial charge in [-0.25, -0.2) is 22.8 Å². The molecule has 0 unspecified atom stereocenters. The molecule has 0 amide bonds. The van der Waals surface area contributed by atoms with Gasteiger partial charge < -0.3 is 10.2 Å². The molecule has 1 aliphatic rings. The van der Waals surface area contributed by atoms with Gasteiger partial charge in [-0.05, 0) is 69.1 Å². The predicted octanol–water partition coefficient (Wildman–Crippen LogP) is 5.94. The maximum atomic E-state index is 15.1. The minimum absolute atomic E-state index is 0.0229. The van der Waals surface area contributed by atoms with Crippen LogP contribution in [0.15, 0.2) is 59.9 Å². The maximum Gasteiger partial charge on any atom is 0.416 e. The molecule has 0 spiro atoms. The predicted molar refractivity (Wildman–Crippen MR) is 137 cm³/mol. The van der Waals surface area contributed by atoms with Crippen molar-refractivity contribution in [1.82, 2.24) is 14.9 Å². The van der Waals surface area contributed by atoms with E-state index in [9.17, 15) is 21.6 Å². The topological polar surface area (TPSA) is 75.2 Å². The summed E-state index contributed by atoms with van der Waals surface area (Å²) in [5, 5.41) is 3.24. The summed E-state index contributed by atoms with van der Waals surface area (Å²) in [6.45, 7) is 0. The van der Waals surface area contributed by atoms with E-state index in [1.165, 1.54) is 30.7 Å². The van der Waals surface area contributed by atoms with E-state index in [1.54, 1.807) is 6.07 Å². The second-order valence-electron chi connectivity index (χ2n) is 9.60. The Morgan fingerprint density at radius 1 is 1.13 bits per heavy atom. The van der Waals surface area contributed by atoms with Crippen molar-refractivity contribution in [1.29, 1.82) is 0 Å². The second-order valence-corrected chi connectivity index (χ2v) is 12.0. The number of likely N-dealkylation sites (N-methyl/N-ethyl adjacent to an activating group) is 1. The molecule has 12 heteroatoms. The average Bonchev–Trinajstić information content (AvgIpc) is 2.86. The molecule has 0 aliphatic heterocycles. The molecule has 6 nitrogen and oxygen atoms in total. The first kappa shape index (κ1) is 28.3. The lowest BCUT2D eigenvalue weighted by molar-refractivity contribution is -0.138. The van der Waals surface area contributed by atoms with Crippen molar-refractivity contribution in [3.05, 3.63) is 82.6 Å². The van der Waals surface area contributed by atoms with Gasteiger partial charge in [0.2, 0.25) is 0 Å². The van der Waals surface area contributed by atoms with Crippen LogP contribution in [0.25, 0.3) is 0 Å². The van der Waals surface area contributed by atoms with Gasteiger partial charge >= 0.3 is 6.18 Å². The Morgan fingerprint density at radius 3 is 2.53 bits per heavy atom. The Morgan fingerprint density at radius 2 is 1.87 bits per heavy atom. The lowest BCUT2D eigenvalue weighted by Crippen LogP contribution is -2.47. The third kappa shape index (κ3) is 6.27. The number of halogens is 5. The number of sulfone groups is 1. The highest BCUT2D eigenvalue weighted by Gasteiger charge is 2.39. The van der Waals surface area contributed by atoms with E-state index in [0.29, 0.717) is 19.3 Å². The number of rotatable bonds is 7. The van der Waals surface area contributed by atoms with Gasteiger partial charge in [-0.1, -0.05) is 29.8 Å². The molecule has 0 saturated heterocycles. The summed E-state index contributed by atoms with van der Waals surface area (Å²) in [7, 11) is -0.401. The van der Waals surface area contributed by atoms with E-state index in [-0.39, 0.29) is 40.0 Å². The zero-order valence-corrected chi connectivity index (χ0v) is 22.3. The van der Waals surface area contributed by atoms with Gasteiger partial charge in [0.05, 0.1) is 27.7 Å². The van der Waals surface area contributed by atoms with Gasteiger partial charge in [0.15, 0.2) is 9.84 Å². The summed E-state index contributed by atoms with van der Waals surface area (Å²) in [6, 6.07) is 8.75. The highest BCUT2D eigenvalue weighted by atomic mass is 35.5. The van der Waals surface area contributed by atoms with E-state index in [4.69, 9.17) is 11.6 Å². The highest BCUT2D eigenvalue weighted by molar-refractivity contribution is 7.90. The Hall–Kier alpha value is -2.76. The molecule has 1 N–H and O–H groups in total. The fourth-order valence-electron chi connectivity index (χ4n) is 5.03. The highest BCUT2D eigenvalue weighted by Crippen LogP contribution is 2.42. The maximum absolute atomic E-state index is 15.1. The van der Waals surface area contributed by atoms with Crippen LogP contribution < -0.4 is 5.32 Å². The summed E-state index contributed by atoms with van der Waals surface area (Å²) < 4.78 is 81.6. The molecule has 1 aromatic heterocycles. The van der Waals surface area contributed by atoms with E-state index in [1.807, 2.05) is 19.0 Å². The molecule has 2 aromatic carbocycles. The van der Waals surface area contributed by atoms with Crippen LogP contribution in [0, 0.1) is 5.82 Å². The summed E-state index contributed by atoms with van der Waals surface area (Å²) in [4.78, 5) is 9.00. The standard InChI is InChI=1S/C26H27ClF4N4O2S/c1-35(2)24-11-16(18-5-3-4-6-19(18)26(29,30)31)7-8-22(24)34-23-13-21(28)25(12-20(23)27)38(36,37)14-17-9-10-32-15-33-17/h3-6,9-10,12-13,15-16,22,24,34H,7-8,11,14H2,1-2H3/t16-,22-,24-/m0/s1. The molecule has 3 aromatic rings. The molecule has 1 saturated carbocycles. The number of anilines is 1. The van der Waals surface area contributed by atoms with Gasteiger partial charge in [-0.15, -0.1) is 0 Å². The molecule has 1 fully saturated rings. The van der Waals surface area contributed by atoms with Crippen LogP contribution in [0.5, 0.6) is 0 Å².